The highest BCUT2D eigenvalue weighted by Gasteiger charge is 2.12. The topological polar surface area (TPSA) is 55.5 Å². The minimum Gasteiger partial charge on any atom is -0.504 e. The maximum Gasteiger partial charge on any atom is 0.163 e. The van der Waals surface area contributed by atoms with Gasteiger partial charge in [-0.25, -0.2) is 0 Å². The maximum absolute atomic E-state index is 9.71. The smallest absolute Gasteiger partial charge is 0.163 e. The first kappa shape index (κ1) is 10.9. The van der Waals surface area contributed by atoms with Gasteiger partial charge in [0.25, 0.3) is 0 Å². The number of hydrogen-bond donors (Lipinski definition) is 2. The minimum absolute atomic E-state index is 0.228. The van der Waals surface area contributed by atoms with Crippen molar-refractivity contribution in [2.45, 2.75) is 20.3 Å². The first-order valence-corrected chi connectivity index (χ1v) is 4.68. The molecule has 1 rings (SSSR count). The first-order chi connectivity index (χ1) is 6.61. The lowest BCUT2D eigenvalue weighted by Gasteiger charge is -2.13. The van der Waals surface area contributed by atoms with Gasteiger partial charge in [0.2, 0.25) is 0 Å². The molecule has 78 valence electrons. The molecule has 0 spiro atoms. The average Bonchev–Trinajstić information content (AvgIpc) is 2.16. The number of ether oxygens (including phenoxy) is 1. The van der Waals surface area contributed by atoms with Crippen LogP contribution in [0.4, 0.5) is 0 Å². The monoisotopic (exact) mass is 195 g/mol. The van der Waals surface area contributed by atoms with Gasteiger partial charge in [-0.2, -0.15) is 0 Å². The highest BCUT2D eigenvalue weighted by Crippen LogP contribution is 2.35. The summed E-state index contributed by atoms with van der Waals surface area (Å²) >= 11 is 0. The van der Waals surface area contributed by atoms with Crippen LogP contribution in [0.25, 0.3) is 0 Å². The van der Waals surface area contributed by atoms with Crippen molar-refractivity contribution >= 4 is 0 Å². The van der Waals surface area contributed by atoms with E-state index in [1.165, 1.54) is 0 Å². The van der Waals surface area contributed by atoms with Crippen molar-refractivity contribution in [3.05, 3.63) is 22.8 Å². The van der Waals surface area contributed by atoms with Gasteiger partial charge in [0, 0.05) is 0 Å². The largest absolute Gasteiger partial charge is 0.504 e. The predicted octanol–water partition coefficient (Wildman–Crippen LogP) is 1.52. The summed E-state index contributed by atoms with van der Waals surface area (Å²) in [7, 11) is 1.56. The molecular weight excluding hydrogens is 178 g/mol. The molecule has 0 bridgehead atoms. The Morgan fingerprint density at radius 3 is 2.57 bits per heavy atom. The molecule has 3 nitrogen and oxygen atoms in total. The van der Waals surface area contributed by atoms with Crippen molar-refractivity contribution in [1.82, 2.24) is 0 Å². The average molecular weight is 195 g/mol. The fourth-order valence-electron chi connectivity index (χ4n) is 1.61. The van der Waals surface area contributed by atoms with Gasteiger partial charge in [0.1, 0.15) is 0 Å². The molecule has 14 heavy (non-hydrogen) atoms. The summed E-state index contributed by atoms with van der Waals surface area (Å²) in [4.78, 5) is 0. The van der Waals surface area contributed by atoms with Crippen LogP contribution in [-0.4, -0.2) is 18.8 Å². The Kier molecular flexibility index (Phi) is 3.36. The lowest BCUT2D eigenvalue weighted by atomic mass is 10.0. The van der Waals surface area contributed by atoms with Gasteiger partial charge in [0.15, 0.2) is 11.5 Å². The molecule has 0 amide bonds. The fourth-order valence-corrected chi connectivity index (χ4v) is 1.61. The number of aryl methyl sites for hydroxylation is 1. The van der Waals surface area contributed by atoms with E-state index in [9.17, 15) is 5.11 Å². The van der Waals surface area contributed by atoms with Crippen molar-refractivity contribution in [3.8, 4) is 11.5 Å². The molecule has 0 heterocycles. The van der Waals surface area contributed by atoms with E-state index in [1.54, 1.807) is 7.11 Å². The summed E-state index contributed by atoms with van der Waals surface area (Å²) in [5, 5.41) is 9.71. The van der Waals surface area contributed by atoms with Gasteiger partial charge < -0.3 is 15.6 Å². The molecule has 3 N–H and O–H groups in total. The van der Waals surface area contributed by atoms with Gasteiger partial charge in [-0.15, -0.1) is 0 Å². The van der Waals surface area contributed by atoms with Crippen LogP contribution in [-0.2, 0) is 6.42 Å². The molecule has 0 unspecified atom stereocenters. The van der Waals surface area contributed by atoms with Crippen LogP contribution in [0, 0.1) is 13.8 Å². The lowest BCUT2D eigenvalue weighted by Crippen LogP contribution is -2.05. The summed E-state index contributed by atoms with van der Waals surface area (Å²) in [6, 6.07) is 1.96. The third-order valence-corrected chi connectivity index (χ3v) is 2.42. The van der Waals surface area contributed by atoms with E-state index in [4.69, 9.17) is 10.5 Å². The molecule has 0 fully saturated rings. The molecule has 3 heteroatoms. The van der Waals surface area contributed by atoms with Crippen LogP contribution >= 0.6 is 0 Å². The number of rotatable bonds is 3. The summed E-state index contributed by atoms with van der Waals surface area (Å²) in [5.74, 6) is 0.791. The van der Waals surface area contributed by atoms with Gasteiger partial charge in [-0.05, 0) is 43.5 Å². The number of phenols is 1. The summed E-state index contributed by atoms with van der Waals surface area (Å²) in [6.45, 7) is 4.40. The Morgan fingerprint density at radius 2 is 2.07 bits per heavy atom. The maximum atomic E-state index is 9.71. The number of phenolic OH excluding ortho intramolecular Hbond substituents is 1. The molecule has 0 saturated heterocycles. The van der Waals surface area contributed by atoms with Crippen LogP contribution in [0.2, 0.25) is 0 Å². The van der Waals surface area contributed by atoms with E-state index in [2.05, 4.69) is 0 Å². The van der Waals surface area contributed by atoms with E-state index < -0.39 is 0 Å². The van der Waals surface area contributed by atoms with Crippen LogP contribution in [0.15, 0.2) is 6.07 Å². The Balaban J connectivity index is 3.27. The first-order valence-electron chi connectivity index (χ1n) is 4.68. The van der Waals surface area contributed by atoms with E-state index in [1.807, 2.05) is 19.9 Å². The second kappa shape index (κ2) is 4.33. The van der Waals surface area contributed by atoms with Crippen LogP contribution in [0.5, 0.6) is 11.5 Å². The van der Waals surface area contributed by atoms with E-state index in [0.29, 0.717) is 12.3 Å². The van der Waals surface area contributed by atoms with Crippen molar-refractivity contribution < 1.29 is 9.84 Å². The van der Waals surface area contributed by atoms with Crippen molar-refractivity contribution in [1.29, 1.82) is 0 Å². The van der Waals surface area contributed by atoms with Crippen molar-refractivity contribution in [2.75, 3.05) is 13.7 Å². The lowest BCUT2D eigenvalue weighted by molar-refractivity contribution is 0.368. The number of aromatic hydroxyl groups is 1. The highest BCUT2D eigenvalue weighted by atomic mass is 16.5. The summed E-state index contributed by atoms with van der Waals surface area (Å²) in [6.07, 6.45) is 0.809. The van der Waals surface area contributed by atoms with Gasteiger partial charge in [-0.1, -0.05) is 6.07 Å². The molecule has 0 radical (unpaired) electrons. The van der Waals surface area contributed by atoms with Gasteiger partial charge in [0.05, 0.1) is 7.11 Å². The Hall–Kier alpha value is -1.22. The Morgan fingerprint density at radius 1 is 1.43 bits per heavy atom. The zero-order chi connectivity index (χ0) is 10.7. The summed E-state index contributed by atoms with van der Waals surface area (Å²) < 4.78 is 5.15. The van der Waals surface area contributed by atoms with Crippen LogP contribution in [0.1, 0.15) is 16.7 Å². The van der Waals surface area contributed by atoms with Gasteiger partial charge >= 0.3 is 0 Å². The van der Waals surface area contributed by atoms with Crippen LogP contribution < -0.4 is 10.5 Å². The van der Waals surface area contributed by atoms with E-state index in [-0.39, 0.29) is 5.75 Å². The Bertz CT molecular complexity index is 335. The second-order valence-electron chi connectivity index (χ2n) is 3.40. The Labute approximate surface area is 84.5 Å². The molecule has 0 aliphatic heterocycles. The zero-order valence-corrected chi connectivity index (χ0v) is 8.92. The predicted molar refractivity (Wildman–Crippen MR) is 56.9 cm³/mol. The standard InChI is InChI=1S/C11H17NO2/c1-7-6-9(4-5-12)8(2)11(14-3)10(7)13/h6,13H,4-5,12H2,1-3H3. The molecule has 0 aliphatic rings. The fraction of sp³-hybridized carbons (Fsp3) is 0.455. The summed E-state index contributed by atoms with van der Waals surface area (Å²) in [5.41, 5.74) is 8.45. The third kappa shape index (κ3) is 1.82. The minimum atomic E-state index is 0.228. The number of hydrogen-bond acceptors (Lipinski definition) is 3. The van der Waals surface area contributed by atoms with E-state index >= 15 is 0 Å². The van der Waals surface area contributed by atoms with Gasteiger partial charge in [-0.3, -0.25) is 0 Å². The molecular formula is C11H17NO2. The molecule has 0 atom stereocenters. The number of benzene rings is 1. The third-order valence-electron chi connectivity index (χ3n) is 2.42. The molecule has 0 aromatic heterocycles. The van der Waals surface area contributed by atoms with Crippen LogP contribution in [0.3, 0.4) is 0 Å². The highest BCUT2D eigenvalue weighted by molar-refractivity contribution is 5.53. The number of nitrogens with two attached hydrogens (primary N) is 1. The van der Waals surface area contributed by atoms with Crippen molar-refractivity contribution in [2.24, 2.45) is 5.73 Å². The normalized spacial score (nSPS) is 10.3. The quantitative estimate of drug-likeness (QED) is 0.768. The SMILES string of the molecule is COc1c(C)c(CCN)cc(C)c1O. The molecule has 0 aliphatic carbocycles. The molecule has 1 aromatic rings. The molecule has 1 aromatic carbocycles. The number of methoxy groups -OCH3 is 1. The van der Waals surface area contributed by atoms with Crippen molar-refractivity contribution in [3.63, 3.8) is 0 Å². The van der Waals surface area contributed by atoms with E-state index in [0.717, 1.165) is 23.1 Å². The zero-order valence-electron chi connectivity index (χ0n) is 8.92. The second-order valence-corrected chi connectivity index (χ2v) is 3.40. The molecule has 0 saturated carbocycles.